The van der Waals surface area contributed by atoms with Gasteiger partial charge in [0.1, 0.15) is 5.84 Å². The van der Waals surface area contributed by atoms with Crippen LogP contribution < -0.4 is 27.2 Å². The summed E-state index contributed by atoms with van der Waals surface area (Å²) in [4.78, 5) is 10.5. The minimum Gasteiger partial charge on any atom is -0.465 e. The lowest BCUT2D eigenvalue weighted by Crippen LogP contribution is -2.16. The topological polar surface area (TPSA) is 197 Å². The smallest absolute Gasteiger partial charge is 0.409 e. The van der Waals surface area contributed by atoms with Crippen molar-refractivity contribution in [3.05, 3.63) is 78.4 Å². The molecule has 0 radical (unpaired) electrons. The highest BCUT2D eigenvalue weighted by Gasteiger charge is 2.14. The Morgan fingerprint density at radius 2 is 1.68 bits per heavy atom. The summed E-state index contributed by atoms with van der Waals surface area (Å²) in [6.07, 6.45) is 2.14. The van der Waals surface area contributed by atoms with Crippen molar-refractivity contribution in [2.75, 3.05) is 17.2 Å². The van der Waals surface area contributed by atoms with Crippen molar-refractivity contribution in [2.45, 2.75) is 37.1 Å². The third-order valence-electron chi connectivity index (χ3n) is 5.32. The number of anilines is 2. The van der Waals surface area contributed by atoms with Crippen molar-refractivity contribution in [3.8, 4) is 11.1 Å². The van der Waals surface area contributed by atoms with Crippen LogP contribution in [0.4, 0.5) is 16.2 Å². The van der Waals surface area contributed by atoms with Gasteiger partial charge in [-0.2, -0.15) is 0 Å². The minimum atomic E-state index is -3.82. The van der Waals surface area contributed by atoms with Crippen molar-refractivity contribution in [1.82, 2.24) is 0 Å². The van der Waals surface area contributed by atoms with Crippen LogP contribution in [0.5, 0.6) is 0 Å². The van der Waals surface area contributed by atoms with Gasteiger partial charge in [0.05, 0.1) is 4.90 Å². The maximum Gasteiger partial charge on any atom is 0.409 e. The Bertz CT molecular complexity index is 1300. The SMILES string of the molecule is C[C@@H](CCCCN)Nc1cccc(C(=N)N)c1.NS(=O)(=O)c1ccccc1-c1ccc(NC(=O)O)cc1. The van der Waals surface area contributed by atoms with Crippen LogP contribution in [-0.4, -0.2) is 38.0 Å². The first-order valence-corrected chi connectivity index (χ1v) is 13.2. The molecule has 0 unspecified atom stereocenters. The normalized spacial score (nSPS) is 11.5. The first-order valence-electron chi connectivity index (χ1n) is 11.6. The Morgan fingerprint density at radius 3 is 2.27 bits per heavy atom. The molecule has 0 heterocycles. The van der Waals surface area contributed by atoms with Crippen LogP contribution in [0.1, 0.15) is 31.7 Å². The number of benzene rings is 3. The Labute approximate surface area is 217 Å². The summed E-state index contributed by atoms with van der Waals surface area (Å²) in [6, 6.07) is 20.7. The van der Waals surface area contributed by atoms with Gasteiger partial charge in [-0.05, 0) is 62.2 Å². The molecule has 0 fully saturated rings. The van der Waals surface area contributed by atoms with E-state index in [9.17, 15) is 13.2 Å². The van der Waals surface area contributed by atoms with Crippen molar-refractivity contribution in [3.63, 3.8) is 0 Å². The zero-order valence-corrected chi connectivity index (χ0v) is 21.5. The highest BCUT2D eigenvalue weighted by Crippen LogP contribution is 2.27. The van der Waals surface area contributed by atoms with Gasteiger partial charge in [-0.15, -0.1) is 0 Å². The number of amidine groups is 1. The summed E-state index contributed by atoms with van der Waals surface area (Å²) in [6.45, 7) is 2.91. The Hall–Kier alpha value is -3.93. The molecule has 37 heavy (non-hydrogen) atoms. The molecule has 0 aliphatic rings. The van der Waals surface area contributed by atoms with E-state index >= 15 is 0 Å². The van der Waals surface area contributed by atoms with E-state index in [4.69, 9.17) is 27.1 Å². The van der Waals surface area contributed by atoms with Gasteiger partial charge in [0.15, 0.2) is 0 Å². The number of unbranched alkanes of at least 4 members (excludes halogenated alkanes) is 1. The van der Waals surface area contributed by atoms with E-state index in [1.54, 1.807) is 42.5 Å². The van der Waals surface area contributed by atoms with E-state index in [0.717, 1.165) is 37.1 Å². The molecule has 3 rings (SSSR count). The van der Waals surface area contributed by atoms with Crippen molar-refractivity contribution in [2.24, 2.45) is 16.6 Å². The lowest BCUT2D eigenvalue weighted by atomic mass is 10.1. The summed E-state index contributed by atoms with van der Waals surface area (Å²) in [5.74, 6) is 0.101. The second kappa shape index (κ2) is 14.0. The van der Waals surface area contributed by atoms with Crippen LogP contribution in [0.3, 0.4) is 0 Å². The number of primary sulfonamides is 1. The van der Waals surface area contributed by atoms with Crippen molar-refractivity contribution < 1.29 is 18.3 Å². The minimum absolute atomic E-state index is 0.0268. The maximum atomic E-state index is 11.5. The molecule has 3 aromatic rings. The number of carbonyl (C=O) groups is 1. The number of hydrogen-bond acceptors (Lipinski definition) is 6. The lowest BCUT2D eigenvalue weighted by molar-refractivity contribution is 0.209. The summed E-state index contributed by atoms with van der Waals surface area (Å²) < 4.78 is 23.1. The van der Waals surface area contributed by atoms with E-state index in [1.165, 1.54) is 6.07 Å². The third kappa shape index (κ3) is 9.92. The predicted molar refractivity (Wildman–Crippen MR) is 148 cm³/mol. The number of nitrogens with one attached hydrogen (secondary N) is 3. The summed E-state index contributed by atoms with van der Waals surface area (Å²) in [7, 11) is -3.82. The van der Waals surface area contributed by atoms with E-state index in [2.05, 4.69) is 17.6 Å². The average Bonchev–Trinajstić information content (AvgIpc) is 2.84. The molecule has 1 amide bonds. The van der Waals surface area contributed by atoms with Crippen molar-refractivity contribution >= 4 is 33.3 Å². The Balaban J connectivity index is 0.000000264. The number of hydrogen-bond donors (Lipinski definition) is 7. The van der Waals surface area contributed by atoms with Gasteiger partial charge < -0.3 is 21.9 Å². The highest BCUT2D eigenvalue weighted by molar-refractivity contribution is 7.89. The first-order chi connectivity index (χ1) is 17.5. The number of nitrogens with two attached hydrogens (primary N) is 3. The average molecular weight is 527 g/mol. The van der Waals surface area contributed by atoms with E-state index in [0.29, 0.717) is 22.9 Å². The fourth-order valence-corrected chi connectivity index (χ4v) is 4.30. The summed E-state index contributed by atoms with van der Waals surface area (Å²) in [5.41, 5.74) is 14.2. The molecule has 0 aromatic heterocycles. The predicted octanol–water partition coefficient (Wildman–Crippen LogP) is 3.99. The second-order valence-electron chi connectivity index (χ2n) is 8.37. The number of sulfonamides is 1. The van der Waals surface area contributed by atoms with Crippen LogP contribution in [0.15, 0.2) is 77.7 Å². The Morgan fingerprint density at radius 1 is 1.00 bits per heavy atom. The standard InChI is InChI=1S/C13H22N4.C13H12N2O4S/c1-10(5-2-3-8-14)17-12-7-4-6-11(9-12)13(15)16;14-20(18,19)12-4-2-1-3-11(12)9-5-7-10(8-6-9)15-13(16)17/h4,6-7,9-10,17H,2-3,5,8,14H2,1H3,(H3,15,16);1-8,15H,(H,16,17)(H2,14,18,19)/t10-;/m0./s1. The fourth-order valence-electron chi connectivity index (χ4n) is 3.54. The largest absolute Gasteiger partial charge is 0.465 e. The first kappa shape index (κ1) is 29.3. The maximum absolute atomic E-state index is 11.5. The summed E-state index contributed by atoms with van der Waals surface area (Å²) in [5, 5.41) is 26.8. The van der Waals surface area contributed by atoms with Gasteiger partial charge in [-0.1, -0.05) is 48.9 Å². The van der Waals surface area contributed by atoms with Gasteiger partial charge in [-0.25, -0.2) is 18.4 Å². The number of amides is 1. The van der Waals surface area contributed by atoms with E-state index in [-0.39, 0.29) is 10.7 Å². The molecule has 0 aliphatic carbocycles. The highest BCUT2D eigenvalue weighted by atomic mass is 32.2. The molecule has 0 aliphatic heterocycles. The lowest BCUT2D eigenvalue weighted by Gasteiger charge is -2.15. The van der Waals surface area contributed by atoms with E-state index < -0.39 is 16.1 Å². The van der Waals surface area contributed by atoms with Crippen LogP contribution in [0.2, 0.25) is 0 Å². The van der Waals surface area contributed by atoms with E-state index in [1.807, 2.05) is 24.3 Å². The van der Waals surface area contributed by atoms with Crippen molar-refractivity contribution in [1.29, 1.82) is 5.41 Å². The van der Waals surface area contributed by atoms with Crippen LogP contribution in [-0.2, 0) is 10.0 Å². The monoisotopic (exact) mass is 526 g/mol. The zero-order chi connectivity index (χ0) is 27.4. The summed E-state index contributed by atoms with van der Waals surface area (Å²) >= 11 is 0. The van der Waals surface area contributed by atoms with Gasteiger partial charge in [0, 0.05) is 28.5 Å². The molecule has 10 N–H and O–H groups in total. The molecule has 11 heteroatoms. The van der Waals surface area contributed by atoms with Gasteiger partial charge >= 0.3 is 6.09 Å². The number of rotatable bonds is 10. The molecular weight excluding hydrogens is 492 g/mol. The second-order valence-corrected chi connectivity index (χ2v) is 9.90. The molecule has 198 valence electrons. The van der Waals surface area contributed by atoms with Gasteiger partial charge in [0.25, 0.3) is 0 Å². The quantitative estimate of drug-likeness (QED) is 0.118. The zero-order valence-electron chi connectivity index (χ0n) is 20.6. The number of nitrogen functional groups attached to an aromatic ring is 1. The van der Waals surface area contributed by atoms with Gasteiger partial charge in [0.2, 0.25) is 10.0 Å². The fraction of sp³-hybridized carbons (Fsp3) is 0.231. The molecule has 0 bridgehead atoms. The molecule has 0 saturated heterocycles. The molecule has 10 nitrogen and oxygen atoms in total. The van der Waals surface area contributed by atoms with Crippen LogP contribution in [0.25, 0.3) is 11.1 Å². The van der Waals surface area contributed by atoms with Gasteiger partial charge in [-0.3, -0.25) is 10.7 Å². The van der Waals surface area contributed by atoms with Crippen LogP contribution in [0, 0.1) is 5.41 Å². The third-order valence-corrected chi connectivity index (χ3v) is 6.29. The molecule has 0 saturated carbocycles. The molecule has 3 aromatic carbocycles. The number of carboxylic acid groups (broad SMARTS) is 1. The molecule has 1 atom stereocenters. The molecule has 0 spiro atoms. The van der Waals surface area contributed by atoms with Crippen LogP contribution >= 0.6 is 0 Å². The molecular formula is C26H34N6O4S. The Kier molecular flexibility index (Phi) is 11.1.